The molecule has 0 aliphatic carbocycles. The predicted octanol–water partition coefficient (Wildman–Crippen LogP) is 2.46. The van der Waals surface area contributed by atoms with E-state index in [2.05, 4.69) is 10.3 Å². The highest BCUT2D eigenvalue weighted by atomic mass is 16.6. The van der Waals surface area contributed by atoms with Crippen LogP contribution in [0.1, 0.15) is 33.2 Å². The molecule has 2 heterocycles. The summed E-state index contributed by atoms with van der Waals surface area (Å²) >= 11 is 0. The Morgan fingerprint density at radius 1 is 1.53 bits per heavy atom. The zero-order chi connectivity index (χ0) is 14.0. The van der Waals surface area contributed by atoms with E-state index in [1.54, 1.807) is 15.8 Å². The molecular weight excluding hydrogens is 248 g/mol. The molecule has 1 aromatic rings. The van der Waals surface area contributed by atoms with Crippen molar-refractivity contribution >= 4 is 11.8 Å². The van der Waals surface area contributed by atoms with E-state index in [9.17, 15) is 9.70 Å². The van der Waals surface area contributed by atoms with E-state index in [0.717, 1.165) is 6.42 Å². The zero-order valence-electron chi connectivity index (χ0n) is 11.4. The first-order chi connectivity index (χ1) is 8.89. The SMILES string of the molecule is CC(C)(C)OC(=O)N1CCC(n2cc(N=O)cn2)C1. The van der Waals surface area contributed by atoms with Gasteiger partial charge < -0.3 is 9.64 Å². The van der Waals surface area contributed by atoms with Gasteiger partial charge in [-0.1, -0.05) is 0 Å². The maximum Gasteiger partial charge on any atom is 0.410 e. The third kappa shape index (κ3) is 3.30. The number of carbonyl (C=O) groups excluding carboxylic acids is 1. The van der Waals surface area contributed by atoms with Crippen molar-refractivity contribution in [3.8, 4) is 0 Å². The predicted molar refractivity (Wildman–Crippen MR) is 69.1 cm³/mol. The molecule has 0 aromatic carbocycles. The summed E-state index contributed by atoms with van der Waals surface area (Å²) < 4.78 is 7.00. The van der Waals surface area contributed by atoms with Crippen molar-refractivity contribution in [1.29, 1.82) is 0 Å². The number of hydrogen-bond acceptors (Lipinski definition) is 5. The van der Waals surface area contributed by atoms with Gasteiger partial charge in [0, 0.05) is 13.1 Å². The second kappa shape index (κ2) is 4.99. The smallest absolute Gasteiger partial charge is 0.410 e. The number of aromatic nitrogens is 2. The van der Waals surface area contributed by atoms with Gasteiger partial charge in [0.2, 0.25) is 0 Å². The van der Waals surface area contributed by atoms with Crippen molar-refractivity contribution in [1.82, 2.24) is 14.7 Å². The summed E-state index contributed by atoms with van der Waals surface area (Å²) in [6, 6.07) is 0.0722. The Hall–Kier alpha value is -1.92. The van der Waals surface area contributed by atoms with Gasteiger partial charge in [-0.25, -0.2) is 4.79 Å². The Balaban J connectivity index is 1.96. The summed E-state index contributed by atoms with van der Waals surface area (Å²) in [6.07, 6.45) is 3.49. The molecule has 1 unspecified atom stereocenters. The Bertz CT molecular complexity index is 478. The first-order valence-electron chi connectivity index (χ1n) is 6.24. The molecule has 7 heteroatoms. The number of hydrogen-bond donors (Lipinski definition) is 0. The van der Waals surface area contributed by atoms with Gasteiger partial charge in [-0.3, -0.25) is 4.68 Å². The number of nitroso groups, excluding NO2 is 1. The van der Waals surface area contributed by atoms with Gasteiger partial charge in [0.05, 0.1) is 18.4 Å². The number of carbonyl (C=O) groups is 1. The summed E-state index contributed by atoms with van der Waals surface area (Å²) in [4.78, 5) is 23.9. The van der Waals surface area contributed by atoms with E-state index in [0.29, 0.717) is 18.8 Å². The summed E-state index contributed by atoms with van der Waals surface area (Å²) in [6.45, 7) is 6.69. The van der Waals surface area contributed by atoms with Gasteiger partial charge >= 0.3 is 6.09 Å². The lowest BCUT2D eigenvalue weighted by Crippen LogP contribution is -2.35. The van der Waals surface area contributed by atoms with Gasteiger partial charge in [0.25, 0.3) is 0 Å². The minimum Gasteiger partial charge on any atom is -0.444 e. The van der Waals surface area contributed by atoms with Crippen LogP contribution >= 0.6 is 0 Å². The molecule has 104 valence electrons. The molecule has 0 spiro atoms. The topological polar surface area (TPSA) is 76.8 Å². The Labute approximate surface area is 111 Å². The molecule has 0 N–H and O–H groups in total. The van der Waals surface area contributed by atoms with Gasteiger partial charge in [-0.15, -0.1) is 4.91 Å². The van der Waals surface area contributed by atoms with Crippen molar-refractivity contribution in [2.24, 2.45) is 5.18 Å². The van der Waals surface area contributed by atoms with Gasteiger partial charge in [-0.2, -0.15) is 5.10 Å². The van der Waals surface area contributed by atoms with Gasteiger partial charge in [0.1, 0.15) is 11.3 Å². The molecule has 1 fully saturated rings. The van der Waals surface area contributed by atoms with Crippen LogP contribution in [0.5, 0.6) is 0 Å². The van der Waals surface area contributed by atoms with Crippen molar-refractivity contribution in [2.75, 3.05) is 13.1 Å². The summed E-state index contributed by atoms with van der Waals surface area (Å²) in [7, 11) is 0. The second-order valence-electron chi connectivity index (χ2n) is 5.64. The monoisotopic (exact) mass is 266 g/mol. The van der Waals surface area contributed by atoms with Crippen LogP contribution in [0.3, 0.4) is 0 Å². The van der Waals surface area contributed by atoms with Crippen LogP contribution < -0.4 is 0 Å². The van der Waals surface area contributed by atoms with Gasteiger partial charge in [0.15, 0.2) is 0 Å². The van der Waals surface area contributed by atoms with Crippen LogP contribution in [-0.4, -0.2) is 39.5 Å². The van der Waals surface area contributed by atoms with Crippen LogP contribution in [0.2, 0.25) is 0 Å². The van der Waals surface area contributed by atoms with Gasteiger partial charge in [-0.05, 0) is 32.4 Å². The number of nitrogens with zero attached hydrogens (tertiary/aromatic N) is 4. The fraction of sp³-hybridized carbons (Fsp3) is 0.667. The maximum absolute atomic E-state index is 11.9. The third-order valence-corrected chi connectivity index (χ3v) is 2.88. The van der Waals surface area contributed by atoms with E-state index < -0.39 is 5.60 Å². The molecule has 1 aliphatic rings. The number of ether oxygens (including phenoxy) is 1. The number of rotatable bonds is 2. The van der Waals surface area contributed by atoms with Crippen LogP contribution in [0.4, 0.5) is 10.5 Å². The molecule has 19 heavy (non-hydrogen) atoms. The molecule has 1 atom stereocenters. The lowest BCUT2D eigenvalue weighted by atomic mass is 10.2. The largest absolute Gasteiger partial charge is 0.444 e. The Kier molecular flexibility index (Phi) is 3.55. The molecule has 0 saturated carbocycles. The van der Waals surface area contributed by atoms with E-state index in [4.69, 9.17) is 4.74 Å². The molecule has 1 aliphatic heterocycles. The second-order valence-corrected chi connectivity index (χ2v) is 5.64. The fourth-order valence-electron chi connectivity index (χ4n) is 2.02. The number of likely N-dealkylation sites (tertiary alicyclic amines) is 1. The lowest BCUT2D eigenvalue weighted by Gasteiger charge is -2.24. The summed E-state index contributed by atoms with van der Waals surface area (Å²) in [5.74, 6) is 0. The summed E-state index contributed by atoms with van der Waals surface area (Å²) in [5, 5.41) is 6.91. The maximum atomic E-state index is 11.9. The molecule has 2 rings (SSSR count). The van der Waals surface area contributed by atoms with Crippen LogP contribution in [0.25, 0.3) is 0 Å². The molecule has 0 bridgehead atoms. The first kappa shape index (κ1) is 13.5. The highest BCUT2D eigenvalue weighted by molar-refractivity contribution is 5.68. The highest BCUT2D eigenvalue weighted by Crippen LogP contribution is 2.24. The standard InChI is InChI=1S/C12H18N4O3/c1-12(2,3)19-11(17)15-5-4-10(8-15)16-7-9(14-18)6-13-16/h6-7,10H,4-5,8H2,1-3H3. The first-order valence-corrected chi connectivity index (χ1v) is 6.24. The number of amides is 1. The average Bonchev–Trinajstić information content (AvgIpc) is 2.95. The minimum absolute atomic E-state index is 0.0722. The highest BCUT2D eigenvalue weighted by Gasteiger charge is 2.31. The minimum atomic E-state index is -0.491. The molecule has 0 radical (unpaired) electrons. The van der Waals surface area contributed by atoms with E-state index in [-0.39, 0.29) is 12.1 Å². The fourth-order valence-corrected chi connectivity index (χ4v) is 2.02. The van der Waals surface area contributed by atoms with Crippen molar-refractivity contribution in [3.63, 3.8) is 0 Å². The third-order valence-electron chi connectivity index (χ3n) is 2.88. The zero-order valence-corrected chi connectivity index (χ0v) is 11.4. The Morgan fingerprint density at radius 2 is 2.26 bits per heavy atom. The van der Waals surface area contributed by atoms with E-state index in [1.165, 1.54) is 6.20 Å². The van der Waals surface area contributed by atoms with E-state index in [1.807, 2.05) is 20.8 Å². The molecule has 7 nitrogen and oxygen atoms in total. The molecule has 1 aromatic heterocycles. The van der Waals surface area contributed by atoms with Crippen molar-refractivity contribution in [3.05, 3.63) is 17.3 Å². The van der Waals surface area contributed by atoms with Crippen LogP contribution in [0.15, 0.2) is 17.6 Å². The lowest BCUT2D eigenvalue weighted by molar-refractivity contribution is 0.0288. The normalized spacial score (nSPS) is 19.5. The molecule has 1 saturated heterocycles. The van der Waals surface area contributed by atoms with Crippen LogP contribution in [-0.2, 0) is 4.74 Å². The average molecular weight is 266 g/mol. The summed E-state index contributed by atoms with van der Waals surface area (Å²) in [5.41, 5.74) is -0.189. The Morgan fingerprint density at radius 3 is 2.84 bits per heavy atom. The van der Waals surface area contributed by atoms with E-state index >= 15 is 0 Å². The van der Waals surface area contributed by atoms with Crippen LogP contribution in [0, 0.1) is 4.91 Å². The molecule has 1 amide bonds. The molecular formula is C12H18N4O3. The van der Waals surface area contributed by atoms with Crippen molar-refractivity contribution < 1.29 is 9.53 Å². The van der Waals surface area contributed by atoms with Crippen molar-refractivity contribution in [2.45, 2.75) is 38.8 Å². The quantitative estimate of drug-likeness (QED) is 0.770.